The molecule has 3 heterocycles. The van der Waals surface area contributed by atoms with E-state index in [0.717, 1.165) is 18.5 Å². The molecule has 0 saturated carbocycles. The Morgan fingerprint density at radius 2 is 1.88 bits per heavy atom. The number of rotatable bonds is 3. The number of nitrogens with two attached hydrogens (primary N) is 1. The van der Waals surface area contributed by atoms with Gasteiger partial charge in [-0.1, -0.05) is 12.1 Å². The van der Waals surface area contributed by atoms with Gasteiger partial charge in [0, 0.05) is 24.3 Å². The Morgan fingerprint density at radius 1 is 1.18 bits per heavy atom. The van der Waals surface area contributed by atoms with Crippen molar-refractivity contribution in [3.05, 3.63) is 35.6 Å². The lowest BCUT2D eigenvalue weighted by Crippen LogP contribution is -3.20. The molecule has 4 rings (SSSR count). The van der Waals surface area contributed by atoms with Crippen molar-refractivity contribution in [2.45, 2.75) is 25.4 Å². The molecule has 1 aromatic carbocycles. The van der Waals surface area contributed by atoms with Gasteiger partial charge in [-0.3, -0.25) is 0 Å². The Hall–Kier alpha value is -0.930. The number of nitrogens with one attached hydrogen (secondary N) is 1. The first kappa shape index (κ1) is 11.2. The average Bonchev–Trinajstić information content (AvgIpc) is 2.39. The number of hydrogen-bond donors (Lipinski definition) is 2. The van der Waals surface area contributed by atoms with Gasteiger partial charge in [0.15, 0.2) is 0 Å². The van der Waals surface area contributed by atoms with E-state index in [4.69, 9.17) is 0 Å². The third-order valence-electron chi connectivity index (χ3n) is 4.44. The molecular formula is C14H21FN2+2. The van der Waals surface area contributed by atoms with Crippen LogP contribution in [-0.2, 0) is 6.54 Å². The maximum atomic E-state index is 12.8. The Morgan fingerprint density at radius 3 is 2.47 bits per heavy atom. The second-order valence-corrected chi connectivity index (χ2v) is 5.52. The monoisotopic (exact) mass is 236 g/mol. The predicted octanol–water partition coefficient (Wildman–Crippen LogP) is -0.434. The molecule has 1 atom stereocenters. The summed E-state index contributed by atoms with van der Waals surface area (Å²) in [4.78, 5) is 1.79. The minimum atomic E-state index is -0.138. The zero-order chi connectivity index (χ0) is 11.7. The summed E-state index contributed by atoms with van der Waals surface area (Å²) in [5.74, 6) is 0.786. The summed E-state index contributed by atoms with van der Waals surface area (Å²) in [6.07, 6.45) is 2.81. The van der Waals surface area contributed by atoms with E-state index in [1.807, 2.05) is 12.1 Å². The van der Waals surface area contributed by atoms with Gasteiger partial charge in [-0.2, -0.15) is 0 Å². The second-order valence-electron chi connectivity index (χ2n) is 5.52. The van der Waals surface area contributed by atoms with Gasteiger partial charge in [0.05, 0.1) is 13.1 Å². The number of benzene rings is 1. The lowest BCUT2D eigenvalue weighted by atomic mass is 9.84. The highest BCUT2D eigenvalue weighted by Crippen LogP contribution is 2.15. The number of piperidine rings is 3. The van der Waals surface area contributed by atoms with Crippen molar-refractivity contribution < 1.29 is 14.6 Å². The van der Waals surface area contributed by atoms with Crippen molar-refractivity contribution in [2.24, 2.45) is 5.92 Å². The highest BCUT2D eigenvalue weighted by molar-refractivity contribution is 5.14. The molecule has 92 valence electrons. The van der Waals surface area contributed by atoms with Crippen LogP contribution in [0, 0.1) is 11.7 Å². The van der Waals surface area contributed by atoms with Gasteiger partial charge in [-0.15, -0.1) is 0 Å². The van der Waals surface area contributed by atoms with E-state index in [2.05, 4.69) is 5.32 Å². The van der Waals surface area contributed by atoms with Crippen LogP contribution in [0.4, 0.5) is 4.39 Å². The molecule has 3 fully saturated rings. The molecule has 0 aliphatic carbocycles. The summed E-state index contributed by atoms with van der Waals surface area (Å²) in [7, 11) is 0. The van der Waals surface area contributed by atoms with Crippen LogP contribution in [0.2, 0.25) is 0 Å². The average molecular weight is 236 g/mol. The first-order valence-electron chi connectivity index (χ1n) is 6.72. The molecule has 0 unspecified atom stereocenters. The third kappa shape index (κ3) is 2.50. The Bertz CT molecular complexity index is 368. The molecule has 0 spiro atoms. The summed E-state index contributed by atoms with van der Waals surface area (Å²) in [6.45, 7) is 5.08. The molecule has 17 heavy (non-hydrogen) atoms. The van der Waals surface area contributed by atoms with Crippen LogP contribution in [0.5, 0.6) is 0 Å². The SMILES string of the molecule is Fc1ccc(C[NH2+][C@@H]2C[NH+]3CCC2CC3)cc1. The van der Waals surface area contributed by atoms with Crippen molar-refractivity contribution in [1.82, 2.24) is 0 Å². The van der Waals surface area contributed by atoms with E-state index in [-0.39, 0.29) is 5.82 Å². The lowest BCUT2D eigenvalue weighted by Gasteiger charge is -2.40. The summed E-state index contributed by atoms with van der Waals surface area (Å²) >= 11 is 0. The Kier molecular flexibility index (Phi) is 3.12. The van der Waals surface area contributed by atoms with Crippen LogP contribution in [0.3, 0.4) is 0 Å². The lowest BCUT2D eigenvalue weighted by molar-refractivity contribution is -0.943. The first-order valence-corrected chi connectivity index (χ1v) is 6.72. The normalized spacial score (nSPS) is 31.7. The molecule has 3 aliphatic heterocycles. The van der Waals surface area contributed by atoms with Gasteiger partial charge < -0.3 is 10.2 Å². The molecule has 0 radical (unpaired) electrons. The highest BCUT2D eigenvalue weighted by atomic mass is 19.1. The van der Waals surface area contributed by atoms with E-state index in [0.29, 0.717) is 0 Å². The quantitative estimate of drug-likeness (QED) is 0.710. The summed E-state index contributed by atoms with van der Waals surface area (Å²) in [6, 6.07) is 7.72. The zero-order valence-electron chi connectivity index (χ0n) is 10.2. The van der Waals surface area contributed by atoms with Crippen LogP contribution in [0.15, 0.2) is 24.3 Å². The molecule has 1 aromatic rings. The Balaban J connectivity index is 1.56. The fraction of sp³-hybridized carbons (Fsp3) is 0.571. The molecule has 3 saturated heterocycles. The molecule has 2 nitrogen and oxygen atoms in total. The Labute approximate surface area is 102 Å². The fourth-order valence-electron chi connectivity index (χ4n) is 3.36. The molecule has 0 aromatic heterocycles. The smallest absolute Gasteiger partial charge is 0.139 e. The van der Waals surface area contributed by atoms with Crippen LogP contribution in [0.1, 0.15) is 18.4 Å². The van der Waals surface area contributed by atoms with Gasteiger partial charge in [-0.05, 0) is 12.1 Å². The number of hydrogen-bond acceptors (Lipinski definition) is 0. The minimum absolute atomic E-state index is 0.138. The van der Waals surface area contributed by atoms with Crippen molar-refractivity contribution in [3.63, 3.8) is 0 Å². The molecule has 3 heteroatoms. The minimum Gasteiger partial charge on any atom is -0.335 e. The van der Waals surface area contributed by atoms with Crippen LogP contribution in [-0.4, -0.2) is 25.7 Å². The zero-order valence-corrected chi connectivity index (χ0v) is 10.2. The maximum absolute atomic E-state index is 12.8. The van der Waals surface area contributed by atoms with Crippen molar-refractivity contribution in [1.29, 1.82) is 0 Å². The molecule has 0 amide bonds. The van der Waals surface area contributed by atoms with E-state index in [1.54, 1.807) is 17.0 Å². The van der Waals surface area contributed by atoms with Crippen LogP contribution in [0.25, 0.3) is 0 Å². The molecule has 2 bridgehead atoms. The standard InChI is InChI=1S/C14H19FN2/c15-13-3-1-11(2-4-13)9-16-14-10-17-7-5-12(14)6-8-17/h1-4,12,14,16H,5-10H2/p+2/t14-/m1/s1. The number of quaternary nitrogens is 2. The fourth-order valence-corrected chi connectivity index (χ4v) is 3.36. The van der Waals surface area contributed by atoms with Gasteiger partial charge >= 0.3 is 0 Å². The number of halogens is 1. The van der Waals surface area contributed by atoms with Gasteiger partial charge in [0.2, 0.25) is 0 Å². The van der Waals surface area contributed by atoms with Gasteiger partial charge in [0.1, 0.15) is 24.9 Å². The van der Waals surface area contributed by atoms with Crippen LogP contribution >= 0.6 is 0 Å². The van der Waals surface area contributed by atoms with E-state index in [1.165, 1.54) is 38.0 Å². The third-order valence-corrected chi connectivity index (χ3v) is 4.44. The van der Waals surface area contributed by atoms with E-state index < -0.39 is 0 Å². The van der Waals surface area contributed by atoms with Crippen LogP contribution < -0.4 is 10.2 Å². The molecule has 3 aliphatic rings. The van der Waals surface area contributed by atoms with E-state index >= 15 is 0 Å². The summed E-state index contributed by atoms with van der Waals surface area (Å²) < 4.78 is 12.8. The van der Waals surface area contributed by atoms with Crippen molar-refractivity contribution >= 4 is 0 Å². The second kappa shape index (κ2) is 4.75. The molecule has 3 N–H and O–H groups in total. The van der Waals surface area contributed by atoms with Crippen molar-refractivity contribution in [2.75, 3.05) is 19.6 Å². The number of fused-ring (bicyclic) bond motifs is 3. The maximum Gasteiger partial charge on any atom is 0.139 e. The predicted molar refractivity (Wildman–Crippen MR) is 64.1 cm³/mol. The summed E-state index contributed by atoms with van der Waals surface area (Å²) in [5.41, 5.74) is 1.23. The topological polar surface area (TPSA) is 21.1 Å². The van der Waals surface area contributed by atoms with Gasteiger partial charge in [0.25, 0.3) is 0 Å². The summed E-state index contributed by atoms with van der Waals surface area (Å²) in [5, 5.41) is 2.47. The molecular weight excluding hydrogens is 215 g/mol. The van der Waals surface area contributed by atoms with Gasteiger partial charge in [-0.25, -0.2) is 4.39 Å². The van der Waals surface area contributed by atoms with E-state index in [9.17, 15) is 4.39 Å². The van der Waals surface area contributed by atoms with Crippen molar-refractivity contribution in [3.8, 4) is 0 Å². The first-order chi connectivity index (χ1) is 8.31. The largest absolute Gasteiger partial charge is 0.335 e. The highest BCUT2D eigenvalue weighted by Gasteiger charge is 2.39.